The number of rotatable bonds is 6. The van der Waals surface area contributed by atoms with E-state index in [4.69, 9.17) is 5.26 Å². The average molecular weight is 485 g/mol. The Morgan fingerprint density at radius 2 is 2.03 bits per heavy atom. The monoisotopic (exact) mass is 484 g/mol. The van der Waals surface area contributed by atoms with Gasteiger partial charge in [-0.1, -0.05) is 47.6 Å². The molecule has 0 radical (unpaired) electrons. The van der Waals surface area contributed by atoms with Crippen LogP contribution in [0, 0.1) is 17.2 Å². The summed E-state index contributed by atoms with van der Waals surface area (Å²) in [4.78, 5) is 30.5. The topological polar surface area (TPSA) is 87.8 Å². The van der Waals surface area contributed by atoms with E-state index in [1.165, 1.54) is 11.8 Å². The third-order valence-electron chi connectivity index (χ3n) is 4.34. The van der Waals surface area contributed by atoms with Crippen LogP contribution in [-0.4, -0.2) is 20.7 Å². The fourth-order valence-electron chi connectivity index (χ4n) is 2.91. The van der Waals surface area contributed by atoms with Gasteiger partial charge in [-0.05, 0) is 49.2 Å². The minimum Gasteiger partial charge on any atom is -0.325 e. The summed E-state index contributed by atoms with van der Waals surface area (Å²) in [6.07, 6.45) is 0. The number of nitrogens with zero attached hydrogens (tertiary/aromatic N) is 3. The maximum atomic E-state index is 13.1. The van der Waals surface area contributed by atoms with Crippen molar-refractivity contribution in [3.8, 4) is 6.07 Å². The highest BCUT2D eigenvalue weighted by molar-refractivity contribution is 9.10. The zero-order valence-corrected chi connectivity index (χ0v) is 19.3. The number of aromatic nitrogens is 2. The number of fused-ring (bicyclic) bond motifs is 1. The van der Waals surface area contributed by atoms with Gasteiger partial charge in [-0.3, -0.25) is 14.2 Å². The molecule has 0 bridgehead atoms. The van der Waals surface area contributed by atoms with Gasteiger partial charge in [0.05, 0.1) is 27.8 Å². The van der Waals surface area contributed by atoms with Gasteiger partial charge in [-0.2, -0.15) is 5.26 Å². The number of carbonyl (C=O) groups is 1. The molecule has 2 aromatic carbocycles. The van der Waals surface area contributed by atoms with Crippen LogP contribution in [0.15, 0.2) is 56.9 Å². The first-order chi connectivity index (χ1) is 14.3. The molecule has 0 aliphatic carbocycles. The normalized spacial score (nSPS) is 12.0. The first kappa shape index (κ1) is 22.1. The SMILES string of the molecule is CC(C)Cn1c(SC(C)C(=O)Nc2cccc(C#N)c2)nc2ccc(Br)cc2c1=O. The largest absolute Gasteiger partial charge is 0.325 e. The molecule has 0 spiro atoms. The highest BCUT2D eigenvalue weighted by atomic mass is 79.9. The first-order valence-corrected chi connectivity index (χ1v) is 11.1. The molecule has 0 aliphatic rings. The van der Waals surface area contributed by atoms with Crippen LogP contribution in [0.5, 0.6) is 0 Å². The fourth-order valence-corrected chi connectivity index (χ4v) is 4.19. The molecule has 3 rings (SSSR count). The summed E-state index contributed by atoms with van der Waals surface area (Å²) < 4.78 is 2.46. The van der Waals surface area contributed by atoms with Crippen molar-refractivity contribution >= 4 is 50.2 Å². The van der Waals surface area contributed by atoms with E-state index in [0.29, 0.717) is 33.9 Å². The van der Waals surface area contributed by atoms with Gasteiger partial charge in [0.25, 0.3) is 5.56 Å². The van der Waals surface area contributed by atoms with Gasteiger partial charge < -0.3 is 5.32 Å². The number of halogens is 1. The molecule has 1 heterocycles. The predicted molar refractivity (Wildman–Crippen MR) is 124 cm³/mol. The summed E-state index contributed by atoms with van der Waals surface area (Å²) in [5, 5.41) is 12.4. The summed E-state index contributed by atoms with van der Waals surface area (Å²) in [7, 11) is 0. The number of thioether (sulfide) groups is 1. The van der Waals surface area contributed by atoms with Gasteiger partial charge in [-0.25, -0.2) is 4.98 Å². The van der Waals surface area contributed by atoms with E-state index >= 15 is 0 Å². The van der Waals surface area contributed by atoms with Gasteiger partial charge in [0, 0.05) is 16.7 Å². The molecule has 0 aliphatic heterocycles. The molecule has 8 heteroatoms. The zero-order valence-electron chi connectivity index (χ0n) is 16.8. The second-order valence-electron chi connectivity index (χ2n) is 7.31. The second-order valence-corrected chi connectivity index (χ2v) is 9.53. The number of nitriles is 1. The molecule has 0 saturated heterocycles. The van der Waals surface area contributed by atoms with Crippen LogP contribution in [0.3, 0.4) is 0 Å². The van der Waals surface area contributed by atoms with E-state index in [1.54, 1.807) is 47.9 Å². The third kappa shape index (κ3) is 5.10. The summed E-state index contributed by atoms with van der Waals surface area (Å²) >= 11 is 4.65. The van der Waals surface area contributed by atoms with Crippen molar-refractivity contribution in [2.75, 3.05) is 5.32 Å². The number of amides is 1. The van der Waals surface area contributed by atoms with Crippen molar-refractivity contribution in [3.63, 3.8) is 0 Å². The Bertz CT molecular complexity index is 1200. The minimum atomic E-state index is -0.492. The molecule has 154 valence electrons. The number of hydrogen-bond acceptors (Lipinski definition) is 5. The lowest BCUT2D eigenvalue weighted by Gasteiger charge is -2.17. The van der Waals surface area contributed by atoms with Crippen LogP contribution in [0.1, 0.15) is 26.3 Å². The summed E-state index contributed by atoms with van der Waals surface area (Å²) in [5.41, 5.74) is 1.51. The molecule has 6 nitrogen and oxygen atoms in total. The number of carbonyl (C=O) groups excluding carboxylic acids is 1. The molecule has 1 aromatic heterocycles. The molecular formula is C22H21BrN4O2S. The fraction of sp³-hybridized carbons (Fsp3) is 0.273. The van der Waals surface area contributed by atoms with Crippen LogP contribution in [0.2, 0.25) is 0 Å². The molecule has 1 unspecified atom stereocenters. The van der Waals surface area contributed by atoms with Gasteiger partial charge in [-0.15, -0.1) is 0 Å². The summed E-state index contributed by atoms with van der Waals surface area (Å²) in [6.45, 7) is 6.34. The molecule has 3 aromatic rings. The van der Waals surface area contributed by atoms with Crippen molar-refractivity contribution < 1.29 is 4.79 Å². The maximum Gasteiger partial charge on any atom is 0.262 e. The van der Waals surface area contributed by atoms with Crippen LogP contribution < -0.4 is 10.9 Å². The molecule has 0 saturated carbocycles. The lowest BCUT2D eigenvalue weighted by Crippen LogP contribution is -2.28. The highest BCUT2D eigenvalue weighted by Crippen LogP contribution is 2.25. The zero-order chi connectivity index (χ0) is 21.8. The van der Waals surface area contributed by atoms with Crippen molar-refractivity contribution in [1.29, 1.82) is 5.26 Å². The van der Waals surface area contributed by atoms with E-state index in [9.17, 15) is 9.59 Å². The standard InChI is InChI=1S/C22H21BrN4O2S/c1-13(2)12-27-21(29)18-10-16(23)7-8-19(18)26-22(27)30-14(3)20(28)25-17-6-4-5-15(9-17)11-24/h4-10,13-14H,12H2,1-3H3,(H,25,28). The van der Waals surface area contributed by atoms with Crippen molar-refractivity contribution in [2.45, 2.75) is 37.7 Å². The average Bonchev–Trinajstić information content (AvgIpc) is 2.71. The Balaban J connectivity index is 1.91. The van der Waals surface area contributed by atoms with Crippen LogP contribution in [0.4, 0.5) is 5.69 Å². The van der Waals surface area contributed by atoms with Crippen molar-refractivity contribution in [1.82, 2.24) is 9.55 Å². The minimum absolute atomic E-state index is 0.119. The van der Waals surface area contributed by atoms with Crippen LogP contribution in [-0.2, 0) is 11.3 Å². The Morgan fingerprint density at radius 1 is 1.27 bits per heavy atom. The van der Waals surface area contributed by atoms with E-state index in [-0.39, 0.29) is 17.4 Å². The Morgan fingerprint density at radius 3 is 2.73 bits per heavy atom. The maximum absolute atomic E-state index is 13.1. The quantitative estimate of drug-likeness (QED) is 0.400. The van der Waals surface area contributed by atoms with E-state index < -0.39 is 5.25 Å². The molecular weight excluding hydrogens is 464 g/mol. The number of anilines is 1. The predicted octanol–water partition coefficient (Wildman–Crippen LogP) is 4.81. The number of benzene rings is 2. The second kappa shape index (κ2) is 9.45. The Labute approximate surface area is 187 Å². The highest BCUT2D eigenvalue weighted by Gasteiger charge is 2.20. The van der Waals surface area contributed by atoms with Crippen LogP contribution in [0.25, 0.3) is 10.9 Å². The molecule has 1 atom stereocenters. The molecule has 1 N–H and O–H groups in total. The molecule has 30 heavy (non-hydrogen) atoms. The summed E-state index contributed by atoms with van der Waals surface area (Å²) in [5.74, 6) is 0.0163. The van der Waals surface area contributed by atoms with E-state index in [0.717, 1.165) is 4.47 Å². The Hall–Kier alpha value is -2.63. The smallest absolute Gasteiger partial charge is 0.262 e. The van der Waals surface area contributed by atoms with Crippen LogP contribution >= 0.6 is 27.7 Å². The van der Waals surface area contributed by atoms with E-state index in [1.807, 2.05) is 19.9 Å². The molecule has 1 amide bonds. The molecule has 0 fully saturated rings. The third-order valence-corrected chi connectivity index (χ3v) is 5.92. The lowest BCUT2D eigenvalue weighted by atomic mass is 10.2. The van der Waals surface area contributed by atoms with Crippen molar-refractivity contribution in [3.05, 3.63) is 62.9 Å². The lowest BCUT2D eigenvalue weighted by molar-refractivity contribution is -0.115. The Kier molecular flexibility index (Phi) is 6.95. The van der Waals surface area contributed by atoms with Gasteiger partial charge >= 0.3 is 0 Å². The van der Waals surface area contributed by atoms with Gasteiger partial charge in [0.2, 0.25) is 5.91 Å². The van der Waals surface area contributed by atoms with E-state index in [2.05, 4.69) is 32.3 Å². The van der Waals surface area contributed by atoms with Crippen molar-refractivity contribution in [2.24, 2.45) is 5.92 Å². The summed E-state index contributed by atoms with van der Waals surface area (Å²) in [6, 6.07) is 14.2. The number of hydrogen-bond donors (Lipinski definition) is 1. The van der Waals surface area contributed by atoms with Gasteiger partial charge in [0.15, 0.2) is 5.16 Å². The van der Waals surface area contributed by atoms with Gasteiger partial charge in [0.1, 0.15) is 0 Å². The number of nitrogens with one attached hydrogen (secondary N) is 1. The first-order valence-electron chi connectivity index (χ1n) is 9.46.